The molecule has 3 aliphatic rings. The molecule has 4 aromatic rings. The number of amides is 1. The Morgan fingerprint density at radius 2 is 1.66 bits per heavy atom. The lowest BCUT2D eigenvalue weighted by molar-refractivity contribution is -0.000817. The van der Waals surface area contributed by atoms with Gasteiger partial charge >= 0.3 is 6.09 Å². The average Bonchev–Trinajstić information content (AvgIpc) is 3.18. The van der Waals surface area contributed by atoms with E-state index >= 15 is 0 Å². The fraction of sp³-hybridized carbons (Fsp3) is 0.476. The molecule has 53 heavy (non-hydrogen) atoms. The van der Waals surface area contributed by atoms with Crippen LogP contribution in [-0.2, 0) is 0 Å². The molecule has 3 saturated heterocycles. The number of unbranched alkanes of at least 4 members (excludes halogenated alkanes) is 6. The normalized spacial score (nSPS) is 19.2. The van der Waals surface area contributed by atoms with Gasteiger partial charge in [0.25, 0.3) is 0 Å². The van der Waals surface area contributed by atoms with Crippen molar-refractivity contribution in [2.24, 2.45) is 5.92 Å². The molecular formula is C42H54N4O7. The summed E-state index contributed by atoms with van der Waals surface area (Å²) < 4.78 is 12.0. The molecule has 3 aliphatic heterocycles. The number of phenols is 1. The van der Waals surface area contributed by atoms with E-state index in [1.54, 1.807) is 24.1 Å². The van der Waals surface area contributed by atoms with Crippen LogP contribution in [0.4, 0.5) is 4.79 Å². The zero-order valence-corrected chi connectivity index (χ0v) is 30.7. The maximum Gasteiger partial charge on any atom is 0.408 e. The maximum atomic E-state index is 13.0. The number of benzene rings is 3. The lowest BCUT2D eigenvalue weighted by Gasteiger charge is -2.50. The van der Waals surface area contributed by atoms with Crippen LogP contribution in [0.3, 0.4) is 0 Å². The molecule has 0 spiro atoms. The fourth-order valence-corrected chi connectivity index (χ4v) is 8.13. The Hall–Kier alpha value is -4.58. The van der Waals surface area contributed by atoms with Crippen molar-refractivity contribution in [1.29, 1.82) is 0 Å². The summed E-state index contributed by atoms with van der Waals surface area (Å²) in [4.78, 5) is 31.4. The molecule has 11 heteroatoms. The first-order valence-corrected chi connectivity index (χ1v) is 19.2. The number of carbonyl (C=O) groups is 1. The highest BCUT2D eigenvalue weighted by Gasteiger charge is 2.43. The first-order chi connectivity index (χ1) is 25.8. The standard InChI is InChI=1S/C42H54N4O7/c1-52-37-18-14-31(41(30-12-8-7-9-13-30)46(42(50)51)34-28-45-23-20-29(34)21-24-45)26-38(37)53-25-11-6-4-2-3-5-10-22-43-27-36(48)32-15-17-35(47)40-33(32)16-19-39(49)44-40/h7-9,12-19,26,29,34,36,41,43,47-48H,2-6,10-11,20-25,27-28H2,1H3,(H,44,49)(H,50,51)/t34-,36-,41?/m0/s1. The van der Waals surface area contributed by atoms with E-state index in [9.17, 15) is 24.9 Å². The van der Waals surface area contributed by atoms with E-state index in [1.807, 2.05) is 48.5 Å². The highest BCUT2D eigenvalue weighted by atomic mass is 16.5. The molecule has 0 aliphatic carbocycles. The monoisotopic (exact) mass is 726 g/mol. The number of aliphatic hydroxyl groups excluding tert-OH is 1. The molecule has 1 unspecified atom stereocenters. The first-order valence-electron chi connectivity index (χ1n) is 19.2. The summed E-state index contributed by atoms with van der Waals surface area (Å²) in [5.74, 6) is 1.62. The predicted molar refractivity (Wildman–Crippen MR) is 206 cm³/mol. The Morgan fingerprint density at radius 3 is 2.36 bits per heavy atom. The predicted octanol–water partition coefficient (Wildman–Crippen LogP) is 6.84. The summed E-state index contributed by atoms with van der Waals surface area (Å²) in [5, 5.41) is 35.4. The van der Waals surface area contributed by atoms with Crippen molar-refractivity contribution in [2.45, 2.75) is 76.0 Å². The number of fused-ring (bicyclic) bond motifs is 4. The molecule has 7 rings (SSSR count). The van der Waals surface area contributed by atoms with Gasteiger partial charge in [0.15, 0.2) is 11.5 Å². The van der Waals surface area contributed by atoms with Crippen molar-refractivity contribution >= 4 is 17.0 Å². The summed E-state index contributed by atoms with van der Waals surface area (Å²) in [5.41, 5.74) is 2.52. The van der Waals surface area contributed by atoms with Crippen molar-refractivity contribution in [3.05, 3.63) is 99.8 Å². The Morgan fingerprint density at radius 1 is 0.925 bits per heavy atom. The van der Waals surface area contributed by atoms with Crippen LogP contribution in [0.25, 0.3) is 10.9 Å². The highest BCUT2D eigenvalue weighted by Crippen LogP contribution is 2.40. The summed E-state index contributed by atoms with van der Waals surface area (Å²) >= 11 is 0. The van der Waals surface area contributed by atoms with E-state index in [1.165, 1.54) is 12.1 Å². The second-order valence-corrected chi connectivity index (χ2v) is 14.4. The summed E-state index contributed by atoms with van der Waals surface area (Å²) in [7, 11) is 1.63. The van der Waals surface area contributed by atoms with Crippen LogP contribution in [0.1, 0.15) is 86.6 Å². The average molecular weight is 727 g/mol. The first kappa shape index (κ1) is 38.2. The number of aromatic amines is 1. The molecule has 11 nitrogen and oxygen atoms in total. The second-order valence-electron chi connectivity index (χ2n) is 14.4. The topological polar surface area (TPSA) is 148 Å². The van der Waals surface area contributed by atoms with Gasteiger partial charge in [0.2, 0.25) is 5.56 Å². The third-order valence-corrected chi connectivity index (χ3v) is 11.0. The molecule has 4 heterocycles. The number of H-pyrrole nitrogens is 1. The van der Waals surface area contributed by atoms with E-state index in [0.717, 1.165) is 95.1 Å². The minimum absolute atomic E-state index is 0.0163. The van der Waals surface area contributed by atoms with Crippen molar-refractivity contribution in [3.8, 4) is 17.2 Å². The van der Waals surface area contributed by atoms with Crippen LogP contribution in [0, 0.1) is 5.92 Å². The highest BCUT2D eigenvalue weighted by molar-refractivity contribution is 5.87. The third kappa shape index (κ3) is 9.51. The molecule has 3 aromatic carbocycles. The van der Waals surface area contributed by atoms with Gasteiger partial charge in [0.05, 0.1) is 37.4 Å². The van der Waals surface area contributed by atoms with E-state index < -0.39 is 18.2 Å². The van der Waals surface area contributed by atoms with Gasteiger partial charge in [-0.25, -0.2) is 4.79 Å². The number of carboxylic acid groups (broad SMARTS) is 1. The van der Waals surface area contributed by atoms with E-state index in [2.05, 4.69) is 15.2 Å². The Kier molecular flexibility index (Phi) is 13.3. The Bertz CT molecular complexity index is 1840. The van der Waals surface area contributed by atoms with Crippen molar-refractivity contribution in [3.63, 3.8) is 0 Å². The number of methoxy groups -OCH3 is 1. The molecule has 2 bridgehead atoms. The number of pyridine rings is 1. The minimum Gasteiger partial charge on any atom is -0.506 e. The van der Waals surface area contributed by atoms with E-state index in [-0.39, 0.29) is 17.4 Å². The molecular weight excluding hydrogens is 672 g/mol. The number of hydrogen-bond donors (Lipinski definition) is 5. The van der Waals surface area contributed by atoms with Gasteiger partial charge in [-0.15, -0.1) is 0 Å². The zero-order valence-electron chi connectivity index (χ0n) is 30.7. The summed E-state index contributed by atoms with van der Waals surface area (Å²) in [6, 6.07) is 21.5. The van der Waals surface area contributed by atoms with Gasteiger partial charge in [-0.1, -0.05) is 74.6 Å². The Labute approximate surface area is 311 Å². The molecule has 284 valence electrons. The van der Waals surface area contributed by atoms with Crippen LogP contribution in [0.15, 0.2) is 77.6 Å². The van der Waals surface area contributed by atoms with Gasteiger partial charge in [0.1, 0.15) is 5.75 Å². The number of aromatic hydroxyl groups is 1. The van der Waals surface area contributed by atoms with E-state index in [4.69, 9.17) is 9.47 Å². The number of hydrogen-bond acceptors (Lipinski definition) is 8. The maximum absolute atomic E-state index is 13.0. The summed E-state index contributed by atoms with van der Waals surface area (Å²) in [6.07, 6.45) is 7.88. The van der Waals surface area contributed by atoms with Crippen LogP contribution in [0.5, 0.6) is 17.2 Å². The number of rotatable bonds is 19. The van der Waals surface area contributed by atoms with Crippen LogP contribution < -0.4 is 20.3 Å². The molecule has 1 aromatic heterocycles. The van der Waals surface area contributed by atoms with Crippen molar-refractivity contribution in [2.75, 3.05) is 46.4 Å². The zero-order chi connectivity index (χ0) is 37.2. The number of nitrogens with zero attached hydrogens (tertiary/aromatic N) is 2. The fourth-order valence-electron chi connectivity index (χ4n) is 8.13. The number of nitrogens with one attached hydrogen (secondary N) is 2. The lowest BCUT2D eigenvalue weighted by atomic mass is 9.81. The number of piperidine rings is 3. The number of phenolic OH excluding ortho intramolecular Hbond substituents is 1. The molecule has 5 N–H and O–H groups in total. The largest absolute Gasteiger partial charge is 0.506 e. The molecule has 0 saturated carbocycles. The van der Waals surface area contributed by atoms with Crippen LogP contribution in [0.2, 0.25) is 0 Å². The molecule has 0 radical (unpaired) electrons. The summed E-state index contributed by atoms with van der Waals surface area (Å²) in [6.45, 7) is 4.60. The second kappa shape index (κ2) is 18.4. The Balaban J connectivity index is 0.938. The SMILES string of the molecule is COc1ccc(C(c2ccccc2)N(C(=O)O)[C@H]2CN3CCC2CC3)cc1OCCCCCCCCCNC[C@H](O)c1ccc(O)c2[nH]c(=O)ccc12. The van der Waals surface area contributed by atoms with Gasteiger partial charge in [-0.3, -0.25) is 9.69 Å². The molecule has 3 fully saturated rings. The van der Waals surface area contributed by atoms with Crippen molar-refractivity contribution in [1.82, 2.24) is 20.1 Å². The number of ether oxygens (including phenoxy) is 2. The molecule has 3 atom stereocenters. The van der Waals surface area contributed by atoms with Gasteiger partial charge in [-0.05, 0) is 92.2 Å². The van der Waals surface area contributed by atoms with Crippen LogP contribution in [-0.4, -0.2) is 88.7 Å². The smallest absolute Gasteiger partial charge is 0.408 e. The molecule has 1 amide bonds. The van der Waals surface area contributed by atoms with Crippen molar-refractivity contribution < 1.29 is 29.6 Å². The number of aliphatic hydroxyl groups is 1. The van der Waals surface area contributed by atoms with Gasteiger partial charge < -0.3 is 40.0 Å². The van der Waals surface area contributed by atoms with Gasteiger partial charge in [-0.2, -0.15) is 0 Å². The van der Waals surface area contributed by atoms with Crippen LogP contribution >= 0.6 is 0 Å². The third-order valence-electron chi connectivity index (χ3n) is 11.0. The number of aromatic nitrogens is 1. The minimum atomic E-state index is -0.897. The lowest BCUT2D eigenvalue weighted by Crippen LogP contribution is -2.59. The van der Waals surface area contributed by atoms with Gasteiger partial charge in [0, 0.05) is 24.5 Å². The quantitative estimate of drug-likeness (QED) is 0.0656. The van der Waals surface area contributed by atoms with E-state index in [0.29, 0.717) is 47.0 Å².